The molecule has 23 heavy (non-hydrogen) atoms. The molecule has 114 valence electrons. The number of phenols is 1. The van der Waals surface area contributed by atoms with Gasteiger partial charge in [0, 0.05) is 11.9 Å². The lowest BCUT2D eigenvalue weighted by atomic mass is 10.2. The van der Waals surface area contributed by atoms with Gasteiger partial charge in [0.15, 0.2) is 23.0 Å². The highest BCUT2D eigenvalue weighted by molar-refractivity contribution is 6.05. The van der Waals surface area contributed by atoms with Gasteiger partial charge < -0.3 is 14.8 Å². The lowest BCUT2D eigenvalue weighted by molar-refractivity contribution is 0.432. The van der Waals surface area contributed by atoms with Crippen LogP contribution in [0.2, 0.25) is 0 Å². The standard InChI is InChI=1S/C17H12FN3O2/c18-12-7-10(5-6-13(12)22)8-19-17-16-15(20-9-21-17)11-3-1-2-4-14(11)23-16/h1-7,9,22H,8H2,(H,19,20,21). The average Bonchev–Trinajstić information content (AvgIpc) is 2.95. The number of benzene rings is 2. The normalized spacial score (nSPS) is 11.2. The van der Waals surface area contributed by atoms with E-state index in [1.807, 2.05) is 24.3 Å². The van der Waals surface area contributed by atoms with E-state index in [9.17, 15) is 9.50 Å². The Morgan fingerprint density at radius 1 is 1.13 bits per heavy atom. The predicted molar refractivity (Wildman–Crippen MR) is 84.7 cm³/mol. The summed E-state index contributed by atoms with van der Waals surface area (Å²) >= 11 is 0. The summed E-state index contributed by atoms with van der Waals surface area (Å²) in [7, 11) is 0. The van der Waals surface area contributed by atoms with E-state index in [0.29, 0.717) is 23.5 Å². The summed E-state index contributed by atoms with van der Waals surface area (Å²) in [6.07, 6.45) is 1.46. The summed E-state index contributed by atoms with van der Waals surface area (Å²) in [4.78, 5) is 8.47. The lowest BCUT2D eigenvalue weighted by Gasteiger charge is -2.06. The maximum atomic E-state index is 13.4. The van der Waals surface area contributed by atoms with Crippen molar-refractivity contribution in [1.82, 2.24) is 9.97 Å². The van der Waals surface area contributed by atoms with Crippen LogP contribution in [-0.2, 0) is 6.54 Å². The van der Waals surface area contributed by atoms with Gasteiger partial charge in [0.25, 0.3) is 0 Å². The zero-order valence-corrected chi connectivity index (χ0v) is 12.0. The molecule has 6 heteroatoms. The molecule has 5 nitrogen and oxygen atoms in total. The first kappa shape index (κ1) is 13.5. The van der Waals surface area contributed by atoms with Crippen LogP contribution in [0.3, 0.4) is 0 Å². The minimum Gasteiger partial charge on any atom is -0.505 e. The van der Waals surface area contributed by atoms with Gasteiger partial charge >= 0.3 is 0 Å². The first-order chi connectivity index (χ1) is 11.2. The highest BCUT2D eigenvalue weighted by Gasteiger charge is 2.12. The zero-order valence-electron chi connectivity index (χ0n) is 12.0. The number of para-hydroxylation sites is 1. The quantitative estimate of drug-likeness (QED) is 0.602. The van der Waals surface area contributed by atoms with Gasteiger partial charge in [-0.05, 0) is 29.8 Å². The molecule has 4 rings (SSSR count). The molecule has 2 heterocycles. The van der Waals surface area contributed by atoms with Crippen molar-refractivity contribution in [2.75, 3.05) is 5.32 Å². The second-order valence-corrected chi connectivity index (χ2v) is 5.14. The van der Waals surface area contributed by atoms with Crippen molar-refractivity contribution in [1.29, 1.82) is 0 Å². The number of aromatic nitrogens is 2. The zero-order chi connectivity index (χ0) is 15.8. The van der Waals surface area contributed by atoms with E-state index in [0.717, 1.165) is 16.5 Å². The Hall–Kier alpha value is -3.15. The molecule has 2 N–H and O–H groups in total. The Morgan fingerprint density at radius 2 is 2.00 bits per heavy atom. The lowest BCUT2D eigenvalue weighted by Crippen LogP contribution is -2.02. The number of nitrogens with zero attached hydrogens (tertiary/aromatic N) is 2. The van der Waals surface area contributed by atoms with Crippen LogP contribution in [0.5, 0.6) is 5.75 Å². The molecule has 0 aliphatic rings. The fourth-order valence-electron chi connectivity index (χ4n) is 2.50. The Labute approximate surface area is 130 Å². The minimum absolute atomic E-state index is 0.348. The molecule has 2 aromatic carbocycles. The second-order valence-electron chi connectivity index (χ2n) is 5.14. The van der Waals surface area contributed by atoms with Crippen LogP contribution in [0.1, 0.15) is 5.56 Å². The van der Waals surface area contributed by atoms with Crippen LogP contribution in [0, 0.1) is 5.82 Å². The summed E-state index contributed by atoms with van der Waals surface area (Å²) < 4.78 is 19.2. The van der Waals surface area contributed by atoms with Crippen LogP contribution in [0.4, 0.5) is 10.2 Å². The number of aromatic hydroxyl groups is 1. The van der Waals surface area contributed by atoms with E-state index in [-0.39, 0.29) is 5.75 Å². The Kier molecular flexibility index (Phi) is 3.08. The third kappa shape index (κ3) is 2.34. The number of phenolic OH excluding ortho intramolecular Hbond substituents is 1. The number of anilines is 1. The molecule has 0 atom stereocenters. The van der Waals surface area contributed by atoms with Gasteiger partial charge in [-0.15, -0.1) is 0 Å². The number of hydrogen-bond donors (Lipinski definition) is 2. The molecule has 0 fully saturated rings. The van der Waals surface area contributed by atoms with E-state index in [1.54, 1.807) is 6.07 Å². The van der Waals surface area contributed by atoms with E-state index < -0.39 is 5.82 Å². The molecule has 2 aromatic heterocycles. The molecule has 0 radical (unpaired) electrons. The molecular formula is C17H12FN3O2. The Balaban J connectivity index is 1.70. The van der Waals surface area contributed by atoms with Crippen molar-refractivity contribution in [2.45, 2.75) is 6.54 Å². The van der Waals surface area contributed by atoms with E-state index in [1.165, 1.54) is 18.5 Å². The molecule has 4 aromatic rings. The second kappa shape index (κ2) is 5.24. The van der Waals surface area contributed by atoms with Crippen LogP contribution in [0.25, 0.3) is 22.1 Å². The average molecular weight is 309 g/mol. The minimum atomic E-state index is -0.652. The number of fused-ring (bicyclic) bond motifs is 3. The van der Waals surface area contributed by atoms with Crippen LogP contribution < -0.4 is 5.32 Å². The van der Waals surface area contributed by atoms with E-state index in [4.69, 9.17) is 4.42 Å². The fourth-order valence-corrected chi connectivity index (χ4v) is 2.50. The summed E-state index contributed by atoms with van der Waals surface area (Å²) in [6.45, 7) is 0.348. The molecule has 0 saturated carbocycles. The highest BCUT2D eigenvalue weighted by atomic mass is 19.1. The molecule has 0 saturated heterocycles. The molecule has 0 aliphatic carbocycles. The van der Waals surface area contributed by atoms with E-state index in [2.05, 4.69) is 15.3 Å². The van der Waals surface area contributed by atoms with Crippen molar-refractivity contribution < 1.29 is 13.9 Å². The van der Waals surface area contributed by atoms with Crippen molar-refractivity contribution in [3.8, 4) is 5.75 Å². The number of furan rings is 1. The van der Waals surface area contributed by atoms with Crippen molar-refractivity contribution in [3.05, 3.63) is 60.2 Å². The molecule has 0 spiro atoms. The first-order valence-electron chi connectivity index (χ1n) is 7.06. The largest absolute Gasteiger partial charge is 0.505 e. The number of nitrogens with one attached hydrogen (secondary N) is 1. The number of hydrogen-bond acceptors (Lipinski definition) is 5. The Morgan fingerprint density at radius 3 is 2.87 bits per heavy atom. The summed E-state index contributed by atoms with van der Waals surface area (Å²) in [5.74, 6) is -0.476. The smallest absolute Gasteiger partial charge is 0.196 e. The fraction of sp³-hybridized carbons (Fsp3) is 0.0588. The van der Waals surface area contributed by atoms with Crippen molar-refractivity contribution in [3.63, 3.8) is 0 Å². The first-order valence-corrected chi connectivity index (χ1v) is 7.06. The maximum Gasteiger partial charge on any atom is 0.196 e. The molecular weight excluding hydrogens is 297 g/mol. The summed E-state index contributed by atoms with van der Waals surface area (Å²) in [5.41, 5.74) is 2.72. The van der Waals surface area contributed by atoms with Crippen LogP contribution >= 0.6 is 0 Å². The van der Waals surface area contributed by atoms with Crippen molar-refractivity contribution in [2.24, 2.45) is 0 Å². The van der Waals surface area contributed by atoms with Gasteiger partial charge in [0.1, 0.15) is 17.4 Å². The predicted octanol–water partition coefficient (Wildman–Crippen LogP) is 3.83. The van der Waals surface area contributed by atoms with Gasteiger partial charge in [-0.25, -0.2) is 14.4 Å². The third-order valence-corrected chi connectivity index (χ3v) is 3.63. The summed E-state index contributed by atoms with van der Waals surface area (Å²) in [6, 6.07) is 11.9. The van der Waals surface area contributed by atoms with Gasteiger partial charge in [-0.1, -0.05) is 18.2 Å². The van der Waals surface area contributed by atoms with Crippen molar-refractivity contribution >= 4 is 27.9 Å². The number of halogens is 1. The maximum absolute atomic E-state index is 13.4. The topological polar surface area (TPSA) is 71.2 Å². The molecule has 0 aliphatic heterocycles. The van der Waals surface area contributed by atoms with Crippen LogP contribution in [-0.4, -0.2) is 15.1 Å². The SMILES string of the molecule is Oc1ccc(CNc2ncnc3c2oc2ccccc23)cc1F. The van der Waals surface area contributed by atoms with E-state index >= 15 is 0 Å². The summed E-state index contributed by atoms with van der Waals surface area (Å²) in [5, 5.41) is 13.3. The van der Waals surface area contributed by atoms with Gasteiger partial charge in [0.2, 0.25) is 0 Å². The highest BCUT2D eigenvalue weighted by Crippen LogP contribution is 2.30. The Bertz CT molecular complexity index is 1010. The van der Waals surface area contributed by atoms with Gasteiger partial charge in [-0.3, -0.25) is 0 Å². The molecule has 0 bridgehead atoms. The molecule has 0 unspecified atom stereocenters. The van der Waals surface area contributed by atoms with Gasteiger partial charge in [-0.2, -0.15) is 0 Å². The van der Waals surface area contributed by atoms with Crippen LogP contribution in [0.15, 0.2) is 53.2 Å². The van der Waals surface area contributed by atoms with Gasteiger partial charge in [0.05, 0.1) is 0 Å². The third-order valence-electron chi connectivity index (χ3n) is 3.63. The number of rotatable bonds is 3. The monoisotopic (exact) mass is 309 g/mol. The molecule has 0 amide bonds.